The fourth-order valence-corrected chi connectivity index (χ4v) is 2.71. The Kier molecular flexibility index (Phi) is 5.83. The number of hydrogen-bond donors (Lipinski definition) is 1. The van der Waals surface area contributed by atoms with Gasteiger partial charge in [-0.15, -0.1) is 0 Å². The van der Waals surface area contributed by atoms with Crippen LogP contribution in [-0.4, -0.2) is 47.9 Å². The molecule has 2 aromatic carbocycles. The number of carboxylic acids is 1. The smallest absolute Gasteiger partial charge is 0.338 e. The average molecular weight is 370 g/mol. The van der Waals surface area contributed by atoms with E-state index in [1.54, 1.807) is 60.7 Å². The summed E-state index contributed by atoms with van der Waals surface area (Å²) >= 11 is 0. The maximum absolute atomic E-state index is 12.3. The lowest BCUT2D eigenvalue weighted by atomic mass is 10.0. The second-order valence-electron chi connectivity index (χ2n) is 6.02. The van der Waals surface area contributed by atoms with Gasteiger partial charge in [-0.3, -0.25) is 0 Å². The Morgan fingerprint density at radius 1 is 0.815 bits per heavy atom. The molecular weight excluding hydrogens is 352 g/mol. The first-order valence-corrected chi connectivity index (χ1v) is 8.41. The van der Waals surface area contributed by atoms with E-state index in [9.17, 15) is 19.5 Å². The van der Waals surface area contributed by atoms with Gasteiger partial charge in [0.2, 0.25) is 0 Å². The lowest BCUT2D eigenvalue weighted by Crippen LogP contribution is -2.48. The molecule has 140 valence electrons. The maximum atomic E-state index is 12.3. The summed E-state index contributed by atoms with van der Waals surface area (Å²) in [5, 5.41) is 9.18. The molecule has 0 spiro atoms. The number of carbonyl (C=O) groups excluding carboxylic acids is 2. The van der Waals surface area contributed by atoms with Crippen molar-refractivity contribution in [2.75, 3.05) is 6.61 Å². The Bertz CT molecular complexity index is 804. The highest BCUT2D eigenvalue weighted by atomic mass is 16.6. The number of carbonyl (C=O) groups is 3. The minimum absolute atomic E-state index is 0.110. The molecule has 0 aliphatic carbocycles. The third-order valence-corrected chi connectivity index (χ3v) is 4.13. The van der Waals surface area contributed by atoms with Crippen molar-refractivity contribution in [3.05, 3.63) is 71.8 Å². The summed E-state index contributed by atoms with van der Waals surface area (Å²) in [4.78, 5) is 35.9. The molecule has 2 aromatic rings. The summed E-state index contributed by atoms with van der Waals surface area (Å²) < 4.78 is 16.1. The van der Waals surface area contributed by atoms with Crippen molar-refractivity contribution in [2.24, 2.45) is 0 Å². The van der Waals surface area contributed by atoms with Crippen LogP contribution in [-0.2, 0) is 19.0 Å². The zero-order valence-corrected chi connectivity index (χ0v) is 14.3. The van der Waals surface area contributed by atoms with Gasteiger partial charge < -0.3 is 19.3 Å². The Hall–Kier alpha value is -3.19. The molecule has 3 rings (SSSR count). The van der Waals surface area contributed by atoms with E-state index in [-0.39, 0.29) is 13.0 Å². The second-order valence-corrected chi connectivity index (χ2v) is 6.02. The highest BCUT2D eigenvalue weighted by Crippen LogP contribution is 2.23. The van der Waals surface area contributed by atoms with Gasteiger partial charge in [0.1, 0.15) is 6.10 Å². The quantitative estimate of drug-likeness (QED) is 0.806. The molecule has 0 unspecified atom stereocenters. The highest BCUT2D eigenvalue weighted by Gasteiger charge is 2.39. The minimum atomic E-state index is -1.16. The van der Waals surface area contributed by atoms with Crippen molar-refractivity contribution in [1.82, 2.24) is 0 Å². The lowest BCUT2D eigenvalue weighted by Gasteiger charge is -2.33. The highest BCUT2D eigenvalue weighted by molar-refractivity contribution is 5.90. The van der Waals surface area contributed by atoms with Crippen LogP contribution in [0.15, 0.2) is 60.7 Å². The summed E-state index contributed by atoms with van der Waals surface area (Å²) in [7, 11) is 0. The SMILES string of the molecule is O=C(O[C@H]1C[C@@H](C(=O)O)OC[C@H]1OC(=O)c1ccccc1)c1ccccc1. The molecule has 1 fully saturated rings. The van der Waals surface area contributed by atoms with Gasteiger partial charge in [-0.1, -0.05) is 36.4 Å². The number of esters is 2. The van der Waals surface area contributed by atoms with Crippen LogP contribution in [0, 0.1) is 0 Å². The molecule has 0 aromatic heterocycles. The first-order valence-electron chi connectivity index (χ1n) is 8.41. The van der Waals surface area contributed by atoms with Crippen molar-refractivity contribution in [1.29, 1.82) is 0 Å². The standard InChI is InChI=1S/C20H18O7/c21-18(22)16-11-15(26-19(23)13-7-3-1-4-8-13)17(12-25-16)27-20(24)14-9-5-2-6-10-14/h1-10,15-17H,11-12H2,(H,21,22)/t15-,16-,17+/m0/s1. The van der Waals surface area contributed by atoms with Crippen molar-refractivity contribution in [2.45, 2.75) is 24.7 Å². The molecule has 7 heteroatoms. The van der Waals surface area contributed by atoms with Crippen molar-refractivity contribution in [3.8, 4) is 0 Å². The molecule has 1 saturated heterocycles. The van der Waals surface area contributed by atoms with Crippen LogP contribution in [0.25, 0.3) is 0 Å². The number of aliphatic carboxylic acids is 1. The molecule has 1 heterocycles. The van der Waals surface area contributed by atoms with Crippen LogP contribution in [0.2, 0.25) is 0 Å². The van der Waals surface area contributed by atoms with Crippen molar-refractivity contribution >= 4 is 17.9 Å². The molecule has 1 aliphatic heterocycles. The van der Waals surface area contributed by atoms with Gasteiger partial charge in [0.05, 0.1) is 17.7 Å². The van der Waals surface area contributed by atoms with Crippen LogP contribution in [0.3, 0.4) is 0 Å². The van der Waals surface area contributed by atoms with Crippen LogP contribution >= 0.6 is 0 Å². The molecule has 27 heavy (non-hydrogen) atoms. The molecule has 0 amide bonds. The molecule has 7 nitrogen and oxygen atoms in total. The predicted octanol–water partition coefficient (Wildman–Crippen LogP) is 2.31. The summed E-state index contributed by atoms with van der Waals surface area (Å²) in [5.41, 5.74) is 0.662. The lowest BCUT2D eigenvalue weighted by molar-refractivity contribution is -0.169. The first kappa shape index (κ1) is 18.6. The zero-order valence-electron chi connectivity index (χ0n) is 14.3. The summed E-state index contributed by atoms with van der Waals surface area (Å²) in [6, 6.07) is 16.7. The van der Waals surface area contributed by atoms with Crippen LogP contribution in [0.1, 0.15) is 27.1 Å². The van der Waals surface area contributed by atoms with Gasteiger partial charge >= 0.3 is 17.9 Å². The third-order valence-electron chi connectivity index (χ3n) is 4.13. The van der Waals surface area contributed by atoms with E-state index in [4.69, 9.17) is 14.2 Å². The first-order chi connectivity index (χ1) is 13.0. The Morgan fingerprint density at radius 3 is 1.78 bits per heavy atom. The number of hydrogen-bond acceptors (Lipinski definition) is 6. The van der Waals surface area contributed by atoms with Gasteiger partial charge in [0, 0.05) is 6.42 Å². The molecule has 1 aliphatic rings. The monoisotopic (exact) mass is 370 g/mol. The van der Waals surface area contributed by atoms with Crippen LogP contribution in [0.5, 0.6) is 0 Å². The normalized spacial score (nSPS) is 21.9. The molecule has 0 radical (unpaired) electrons. The van der Waals surface area contributed by atoms with Crippen molar-refractivity contribution < 1.29 is 33.7 Å². The fraction of sp³-hybridized carbons (Fsp3) is 0.250. The van der Waals surface area contributed by atoms with Crippen LogP contribution in [0.4, 0.5) is 0 Å². The van der Waals surface area contributed by atoms with E-state index in [2.05, 4.69) is 0 Å². The molecule has 3 atom stereocenters. The van der Waals surface area contributed by atoms with E-state index in [0.717, 1.165) is 0 Å². The number of ether oxygens (including phenoxy) is 3. The Morgan fingerprint density at radius 2 is 1.30 bits per heavy atom. The summed E-state index contributed by atoms with van der Waals surface area (Å²) in [5.74, 6) is -2.38. The topological polar surface area (TPSA) is 99.1 Å². The van der Waals surface area contributed by atoms with Gasteiger partial charge in [-0.05, 0) is 24.3 Å². The molecule has 1 N–H and O–H groups in total. The molecular formula is C20H18O7. The predicted molar refractivity (Wildman–Crippen MR) is 93.3 cm³/mol. The Balaban J connectivity index is 1.73. The molecule has 0 bridgehead atoms. The van der Waals surface area contributed by atoms with E-state index in [0.29, 0.717) is 11.1 Å². The fourth-order valence-electron chi connectivity index (χ4n) is 2.71. The van der Waals surface area contributed by atoms with Gasteiger partial charge in [0.25, 0.3) is 0 Å². The number of rotatable bonds is 5. The van der Waals surface area contributed by atoms with E-state index >= 15 is 0 Å². The largest absolute Gasteiger partial charge is 0.479 e. The Labute approximate surface area is 155 Å². The number of benzene rings is 2. The summed E-state index contributed by atoms with van der Waals surface area (Å²) in [6.07, 6.45) is -3.08. The van der Waals surface area contributed by atoms with E-state index in [1.165, 1.54) is 0 Å². The maximum Gasteiger partial charge on any atom is 0.338 e. The van der Waals surface area contributed by atoms with Gasteiger partial charge in [0.15, 0.2) is 12.2 Å². The third kappa shape index (κ3) is 4.71. The van der Waals surface area contributed by atoms with E-state index in [1.807, 2.05) is 0 Å². The second kappa shape index (κ2) is 8.46. The average Bonchev–Trinajstić information content (AvgIpc) is 2.70. The van der Waals surface area contributed by atoms with Gasteiger partial charge in [-0.25, -0.2) is 14.4 Å². The van der Waals surface area contributed by atoms with Crippen LogP contribution < -0.4 is 0 Å². The van der Waals surface area contributed by atoms with Gasteiger partial charge in [-0.2, -0.15) is 0 Å². The van der Waals surface area contributed by atoms with Crippen molar-refractivity contribution in [3.63, 3.8) is 0 Å². The summed E-state index contributed by atoms with van der Waals surface area (Å²) in [6.45, 7) is -0.178. The molecule has 0 saturated carbocycles. The number of carboxylic acid groups (broad SMARTS) is 1. The zero-order chi connectivity index (χ0) is 19.2. The van der Waals surface area contributed by atoms with E-state index < -0.39 is 36.2 Å². The minimum Gasteiger partial charge on any atom is -0.479 e.